The molecule has 0 unspecified atom stereocenters. The Morgan fingerprint density at radius 2 is 1.77 bits per heavy atom. The molecule has 1 aromatic rings. The molecule has 0 spiro atoms. The molecule has 122 valence electrons. The number of alkyl halides is 6. The summed E-state index contributed by atoms with van der Waals surface area (Å²) in [6.07, 6.45) is -11.8. The fraction of sp³-hybridized carbons (Fsp3) is 0.300. The van der Waals surface area contributed by atoms with E-state index in [4.69, 9.17) is 0 Å². The number of benzene rings is 1. The fourth-order valence-corrected chi connectivity index (χ4v) is 1.96. The zero-order valence-electron chi connectivity index (χ0n) is 10.2. The molecular formula is C10H5BrF6N2O3. The van der Waals surface area contributed by atoms with Crippen LogP contribution in [0.15, 0.2) is 16.6 Å². The van der Waals surface area contributed by atoms with Crippen LogP contribution in [0.3, 0.4) is 0 Å². The van der Waals surface area contributed by atoms with Crippen LogP contribution in [-0.2, 0) is 11.0 Å². The van der Waals surface area contributed by atoms with Crippen molar-refractivity contribution in [3.05, 3.63) is 32.3 Å². The third-order valence-corrected chi connectivity index (χ3v) is 2.88. The van der Waals surface area contributed by atoms with Crippen LogP contribution in [0.5, 0.6) is 0 Å². The lowest BCUT2D eigenvalue weighted by atomic mass is 10.1. The summed E-state index contributed by atoms with van der Waals surface area (Å²) in [4.78, 5) is 20.7. The highest BCUT2D eigenvalue weighted by atomic mass is 79.9. The topological polar surface area (TPSA) is 72.2 Å². The summed E-state index contributed by atoms with van der Waals surface area (Å²) in [6, 6.07) is 0.641. The minimum Gasteiger partial charge on any atom is -0.320 e. The second-order valence-corrected chi connectivity index (χ2v) is 4.80. The first-order valence-corrected chi connectivity index (χ1v) is 6.02. The number of nitrogens with one attached hydrogen (secondary N) is 1. The maximum absolute atomic E-state index is 12.7. The van der Waals surface area contributed by atoms with Crippen LogP contribution >= 0.6 is 15.9 Å². The predicted octanol–water partition coefficient (Wildman–Crippen LogP) is 4.27. The summed E-state index contributed by atoms with van der Waals surface area (Å²) in [6.45, 7) is 0. The Bertz CT molecular complexity index is 614. The van der Waals surface area contributed by atoms with Crippen LogP contribution < -0.4 is 5.32 Å². The molecule has 0 bridgehead atoms. The van der Waals surface area contributed by atoms with E-state index in [0.717, 1.165) is 0 Å². The maximum atomic E-state index is 12.7. The maximum Gasteiger partial charge on any atom is 0.417 e. The third-order valence-electron chi connectivity index (χ3n) is 2.22. The van der Waals surface area contributed by atoms with Crippen molar-refractivity contribution < 1.29 is 36.1 Å². The molecule has 1 N–H and O–H groups in total. The average molecular weight is 395 g/mol. The van der Waals surface area contributed by atoms with E-state index in [2.05, 4.69) is 15.9 Å². The standard InChI is InChI=1S/C10H5BrF6N2O3/c11-5-2-7(19(21)22)6(1-4(5)10(15,16)17)18-8(20)3-9(12,13)14/h1-2H,3H2,(H,18,20). The van der Waals surface area contributed by atoms with E-state index in [1.807, 2.05) is 0 Å². The summed E-state index contributed by atoms with van der Waals surface area (Å²) in [5.41, 5.74) is -3.33. The summed E-state index contributed by atoms with van der Waals surface area (Å²) >= 11 is 2.48. The minimum atomic E-state index is -4.92. The molecule has 0 fully saturated rings. The normalized spacial score (nSPS) is 12.1. The van der Waals surface area contributed by atoms with E-state index in [0.29, 0.717) is 6.07 Å². The summed E-state index contributed by atoms with van der Waals surface area (Å²) in [5.74, 6) is -1.72. The van der Waals surface area contributed by atoms with Crippen LogP contribution in [0.25, 0.3) is 0 Å². The van der Waals surface area contributed by atoms with Crippen molar-refractivity contribution >= 4 is 33.2 Å². The van der Waals surface area contributed by atoms with E-state index < -0.39 is 51.0 Å². The second kappa shape index (κ2) is 6.10. The molecule has 0 saturated carbocycles. The monoisotopic (exact) mass is 394 g/mol. The second-order valence-electron chi connectivity index (χ2n) is 3.94. The van der Waals surface area contributed by atoms with Crippen LogP contribution in [-0.4, -0.2) is 17.0 Å². The molecule has 0 aromatic heterocycles. The van der Waals surface area contributed by atoms with E-state index in [1.165, 1.54) is 5.32 Å². The Morgan fingerprint density at radius 3 is 2.18 bits per heavy atom. The van der Waals surface area contributed by atoms with Gasteiger partial charge in [0.05, 0.1) is 10.5 Å². The summed E-state index contributed by atoms with van der Waals surface area (Å²) in [5, 5.41) is 12.2. The predicted molar refractivity (Wildman–Crippen MR) is 65.1 cm³/mol. The van der Waals surface area contributed by atoms with Crippen molar-refractivity contribution in [2.24, 2.45) is 0 Å². The zero-order valence-corrected chi connectivity index (χ0v) is 11.8. The lowest BCUT2D eigenvalue weighted by Gasteiger charge is -2.13. The third kappa shape index (κ3) is 4.86. The van der Waals surface area contributed by atoms with Gasteiger partial charge >= 0.3 is 12.4 Å². The fourth-order valence-electron chi connectivity index (χ4n) is 1.41. The van der Waals surface area contributed by atoms with Crippen LogP contribution in [0.2, 0.25) is 0 Å². The van der Waals surface area contributed by atoms with E-state index in [1.54, 1.807) is 0 Å². The number of nitro groups is 1. The van der Waals surface area contributed by atoms with Gasteiger partial charge in [-0.05, 0) is 22.0 Å². The van der Waals surface area contributed by atoms with Gasteiger partial charge in [0.1, 0.15) is 12.1 Å². The highest BCUT2D eigenvalue weighted by molar-refractivity contribution is 9.10. The first kappa shape index (κ1) is 18.2. The van der Waals surface area contributed by atoms with Gasteiger partial charge < -0.3 is 5.32 Å². The number of halogens is 7. The molecular weight excluding hydrogens is 390 g/mol. The van der Waals surface area contributed by atoms with Crippen molar-refractivity contribution in [2.45, 2.75) is 18.8 Å². The van der Waals surface area contributed by atoms with E-state index in [9.17, 15) is 41.3 Å². The molecule has 0 aliphatic rings. The van der Waals surface area contributed by atoms with Crippen LogP contribution in [0.4, 0.5) is 37.7 Å². The Morgan fingerprint density at radius 1 is 1.23 bits per heavy atom. The van der Waals surface area contributed by atoms with Crippen molar-refractivity contribution in [1.29, 1.82) is 0 Å². The molecule has 1 amide bonds. The van der Waals surface area contributed by atoms with Gasteiger partial charge in [-0.15, -0.1) is 0 Å². The molecule has 12 heteroatoms. The number of hydrogen-bond acceptors (Lipinski definition) is 3. The van der Waals surface area contributed by atoms with Gasteiger partial charge in [-0.25, -0.2) is 0 Å². The molecule has 1 aromatic carbocycles. The minimum absolute atomic E-state index is 0.191. The molecule has 0 atom stereocenters. The number of rotatable bonds is 3. The van der Waals surface area contributed by atoms with Crippen molar-refractivity contribution in [1.82, 2.24) is 0 Å². The molecule has 1 rings (SSSR count). The lowest BCUT2D eigenvalue weighted by molar-refractivity contribution is -0.384. The van der Waals surface area contributed by atoms with Gasteiger partial charge in [0.25, 0.3) is 5.69 Å². The number of carbonyl (C=O) groups is 1. The quantitative estimate of drug-likeness (QED) is 0.472. The Kier molecular flexibility index (Phi) is 5.05. The smallest absolute Gasteiger partial charge is 0.320 e. The Hall–Kier alpha value is -1.85. The molecule has 5 nitrogen and oxygen atoms in total. The average Bonchev–Trinajstić information content (AvgIpc) is 2.26. The highest BCUT2D eigenvalue weighted by Crippen LogP contribution is 2.40. The molecule has 0 aliphatic carbocycles. The molecule has 0 saturated heterocycles. The van der Waals surface area contributed by atoms with Crippen molar-refractivity contribution in [3.8, 4) is 0 Å². The number of carbonyl (C=O) groups excluding carboxylic acids is 1. The number of nitrogens with zero attached hydrogens (tertiary/aromatic N) is 1. The van der Waals surface area contributed by atoms with Gasteiger partial charge in [0.2, 0.25) is 5.91 Å². The van der Waals surface area contributed by atoms with Crippen molar-refractivity contribution in [3.63, 3.8) is 0 Å². The SMILES string of the molecule is O=C(CC(F)(F)F)Nc1cc(C(F)(F)F)c(Br)cc1[N+](=O)[O-]. The number of anilines is 1. The van der Waals surface area contributed by atoms with E-state index in [-0.39, 0.29) is 6.07 Å². The Labute approximate surface area is 126 Å². The first-order chi connectivity index (χ1) is 9.81. The van der Waals surface area contributed by atoms with Crippen LogP contribution in [0.1, 0.15) is 12.0 Å². The number of hydrogen-bond donors (Lipinski definition) is 1. The van der Waals surface area contributed by atoms with Crippen LogP contribution in [0, 0.1) is 10.1 Å². The largest absolute Gasteiger partial charge is 0.417 e. The first-order valence-electron chi connectivity index (χ1n) is 5.23. The molecule has 0 radical (unpaired) electrons. The highest BCUT2D eigenvalue weighted by Gasteiger charge is 2.36. The summed E-state index contributed by atoms with van der Waals surface area (Å²) in [7, 11) is 0. The van der Waals surface area contributed by atoms with E-state index >= 15 is 0 Å². The zero-order chi connectivity index (χ0) is 17.3. The van der Waals surface area contributed by atoms with Gasteiger partial charge in [0, 0.05) is 10.5 Å². The summed E-state index contributed by atoms with van der Waals surface area (Å²) < 4.78 is 73.4. The lowest BCUT2D eigenvalue weighted by Crippen LogP contribution is -2.22. The van der Waals surface area contributed by atoms with Gasteiger partial charge in [0.15, 0.2) is 0 Å². The molecule has 0 aliphatic heterocycles. The number of amides is 1. The Balaban J connectivity index is 3.26. The molecule has 22 heavy (non-hydrogen) atoms. The number of nitro benzene ring substituents is 1. The van der Waals surface area contributed by atoms with Gasteiger partial charge in [-0.3, -0.25) is 14.9 Å². The van der Waals surface area contributed by atoms with Gasteiger partial charge in [-0.2, -0.15) is 26.3 Å². The van der Waals surface area contributed by atoms with Crippen molar-refractivity contribution in [2.75, 3.05) is 5.32 Å². The van der Waals surface area contributed by atoms with Gasteiger partial charge in [-0.1, -0.05) is 0 Å². The molecule has 0 heterocycles.